The highest BCUT2D eigenvalue weighted by atomic mass is 16.5. The van der Waals surface area contributed by atoms with Gasteiger partial charge in [-0.2, -0.15) is 0 Å². The Balaban J connectivity index is 2.39. The Morgan fingerprint density at radius 2 is 1.76 bits per heavy atom. The van der Waals surface area contributed by atoms with Gasteiger partial charge < -0.3 is 14.8 Å². The Morgan fingerprint density at radius 3 is 2.33 bits per heavy atom. The summed E-state index contributed by atoms with van der Waals surface area (Å²) in [7, 11) is 3.61. The molecule has 1 aliphatic carbocycles. The van der Waals surface area contributed by atoms with Gasteiger partial charge in [-0.05, 0) is 25.5 Å². The summed E-state index contributed by atoms with van der Waals surface area (Å²) in [5, 5.41) is 3.66. The topological polar surface area (TPSA) is 30.5 Å². The molecule has 0 bridgehead atoms. The van der Waals surface area contributed by atoms with Gasteiger partial charge in [-0.15, -0.1) is 0 Å². The van der Waals surface area contributed by atoms with Gasteiger partial charge in [-0.3, -0.25) is 0 Å². The molecule has 1 fully saturated rings. The van der Waals surface area contributed by atoms with Crippen molar-refractivity contribution in [1.82, 2.24) is 5.32 Å². The highest BCUT2D eigenvalue weighted by molar-refractivity contribution is 5.37. The second-order valence-corrected chi connectivity index (χ2v) is 5.92. The molecular formula is C18H29NO2. The summed E-state index contributed by atoms with van der Waals surface area (Å²) in [5.41, 5.74) is 1.09. The highest BCUT2D eigenvalue weighted by Gasteiger charge is 2.40. The fourth-order valence-corrected chi connectivity index (χ4v) is 3.63. The molecule has 1 saturated carbocycles. The number of hydrogen-bond acceptors (Lipinski definition) is 3. The van der Waals surface area contributed by atoms with Crippen LogP contribution in [0.5, 0.6) is 5.75 Å². The maximum Gasteiger partial charge on any atom is 0.123 e. The van der Waals surface area contributed by atoms with Gasteiger partial charge in [0.2, 0.25) is 0 Å². The Morgan fingerprint density at radius 1 is 1.10 bits per heavy atom. The smallest absolute Gasteiger partial charge is 0.123 e. The third-order valence-corrected chi connectivity index (χ3v) is 4.74. The molecule has 3 nitrogen and oxygen atoms in total. The number of para-hydroxylation sites is 1. The fourth-order valence-electron chi connectivity index (χ4n) is 3.63. The van der Waals surface area contributed by atoms with Crippen molar-refractivity contribution in [2.75, 3.05) is 20.8 Å². The normalized spacial score (nSPS) is 19.8. The standard InChI is InChI=1S/C18H29NO2/c1-4-19-17(15-11-7-8-12-16(15)20-2)18(21-3)13-9-5-6-10-14-18/h7-8,11-12,17,19H,4-6,9-10,13-14H2,1-3H3. The van der Waals surface area contributed by atoms with Crippen molar-refractivity contribution in [2.45, 2.75) is 57.1 Å². The largest absolute Gasteiger partial charge is 0.496 e. The third-order valence-electron chi connectivity index (χ3n) is 4.74. The molecule has 0 heterocycles. The second-order valence-electron chi connectivity index (χ2n) is 5.92. The average Bonchev–Trinajstić information content (AvgIpc) is 2.79. The number of nitrogens with one attached hydrogen (secondary N) is 1. The van der Waals surface area contributed by atoms with Crippen molar-refractivity contribution in [3.63, 3.8) is 0 Å². The predicted molar refractivity (Wildman–Crippen MR) is 86.9 cm³/mol. The van der Waals surface area contributed by atoms with E-state index in [1.807, 2.05) is 19.2 Å². The van der Waals surface area contributed by atoms with Crippen molar-refractivity contribution in [3.8, 4) is 5.75 Å². The molecule has 0 saturated heterocycles. The van der Waals surface area contributed by atoms with Gasteiger partial charge >= 0.3 is 0 Å². The van der Waals surface area contributed by atoms with Crippen LogP contribution in [0.3, 0.4) is 0 Å². The molecule has 0 aromatic heterocycles. The Bertz CT molecular complexity index is 425. The zero-order valence-electron chi connectivity index (χ0n) is 13.7. The maximum absolute atomic E-state index is 6.11. The fraction of sp³-hybridized carbons (Fsp3) is 0.667. The van der Waals surface area contributed by atoms with Crippen molar-refractivity contribution < 1.29 is 9.47 Å². The SMILES string of the molecule is CCNC(c1ccccc1OC)C1(OC)CCCCCC1. The molecule has 2 rings (SSSR count). The first-order valence-corrected chi connectivity index (χ1v) is 8.19. The molecule has 1 aromatic carbocycles. The van der Waals surface area contributed by atoms with Gasteiger partial charge in [0.25, 0.3) is 0 Å². The van der Waals surface area contributed by atoms with E-state index in [0.29, 0.717) is 0 Å². The quantitative estimate of drug-likeness (QED) is 0.801. The van der Waals surface area contributed by atoms with E-state index in [2.05, 4.69) is 24.4 Å². The van der Waals surface area contributed by atoms with E-state index in [0.717, 1.165) is 25.1 Å². The van der Waals surface area contributed by atoms with Crippen LogP contribution in [0.4, 0.5) is 0 Å². The number of likely N-dealkylation sites (N-methyl/N-ethyl adjacent to an activating group) is 1. The molecule has 118 valence electrons. The first kappa shape index (κ1) is 16.3. The monoisotopic (exact) mass is 291 g/mol. The van der Waals surface area contributed by atoms with Crippen molar-refractivity contribution in [1.29, 1.82) is 0 Å². The summed E-state index contributed by atoms with van der Waals surface area (Å²) in [4.78, 5) is 0. The van der Waals surface area contributed by atoms with E-state index >= 15 is 0 Å². The third kappa shape index (κ3) is 3.58. The van der Waals surface area contributed by atoms with E-state index < -0.39 is 0 Å². The van der Waals surface area contributed by atoms with Crippen molar-refractivity contribution >= 4 is 0 Å². The van der Waals surface area contributed by atoms with Crippen LogP contribution in [0.15, 0.2) is 24.3 Å². The zero-order valence-corrected chi connectivity index (χ0v) is 13.7. The van der Waals surface area contributed by atoms with Crippen molar-refractivity contribution in [2.24, 2.45) is 0 Å². The van der Waals surface area contributed by atoms with Crippen LogP contribution in [-0.2, 0) is 4.74 Å². The van der Waals surface area contributed by atoms with E-state index in [4.69, 9.17) is 9.47 Å². The number of methoxy groups -OCH3 is 2. The Hall–Kier alpha value is -1.06. The first-order valence-electron chi connectivity index (χ1n) is 8.19. The number of benzene rings is 1. The summed E-state index contributed by atoms with van der Waals surface area (Å²) >= 11 is 0. The summed E-state index contributed by atoms with van der Waals surface area (Å²) < 4.78 is 11.7. The maximum atomic E-state index is 6.11. The first-order chi connectivity index (χ1) is 10.3. The van der Waals surface area contributed by atoms with Crippen LogP contribution < -0.4 is 10.1 Å². The van der Waals surface area contributed by atoms with Crippen LogP contribution in [0.1, 0.15) is 57.1 Å². The van der Waals surface area contributed by atoms with Crippen molar-refractivity contribution in [3.05, 3.63) is 29.8 Å². The molecule has 0 amide bonds. The summed E-state index contributed by atoms with van der Waals surface area (Å²) in [5.74, 6) is 0.948. The molecule has 1 atom stereocenters. The number of rotatable bonds is 6. The van der Waals surface area contributed by atoms with Crippen LogP contribution in [0.25, 0.3) is 0 Å². The molecule has 1 N–H and O–H groups in total. The van der Waals surface area contributed by atoms with Gasteiger partial charge in [0.1, 0.15) is 5.75 Å². The number of ether oxygens (including phenoxy) is 2. The molecule has 3 heteroatoms. The van der Waals surface area contributed by atoms with Crippen LogP contribution in [-0.4, -0.2) is 26.4 Å². The minimum atomic E-state index is -0.124. The van der Waals surface area contributed by atoms with E-state index in [1.165, 1.54) is 31.2 Å². The van der Waals surface area contributed by atoms with Gasteiger partial charge in [0.15, 0.2) is 0 Å². The lowest BCUT2D eigenvalue weighted by atomic mass is 9.81. The minimum absolute atomic E-state index is 0.124. The molecular weight excluding hydrogens is 262 g/mol. The molecule has 0 spiro atoms. The molecule has 0 radical (unpaired) electrons. The predicted octanol–water partition coefficient (Wildman–Crippen LogP) is 4.09. The van der Waals surface area contributed by atoms with E-state index in [1.54, 1.807) is 7.11 Å². The lowest BCUT2D eigenvalue weighted by molar-refractivity contribution is -0.0541. The van der Waals surface area contributed by atoms with Gasteiger partial charge in [-0.25, -0.2) is 0 Å². The molecule has 1 unspecified atom stereocenters. The average molecular weight is 291 g/mol. The lowest BCUT2D eigenvalue weighted by Gasteiger charge is -2.40. The molecule has 21 heavy (non-hydrogen) atoms. The van der Waals surface area contributed by atoms with Crippen LogP contribution in [0, 0.1) is 0 Å². The van der Waals surface area contributed by atoms with Crippen LogP contribution >= 0.6 is 0 Å². The Kier molecular flexibility index (Phi) is 6.07. The van der Waals surface area contributed by atoms with E-state index in [9.17, 15) is 0 Å². The minimum Gasteiger partial charge on any atom is -0.496 e. The molecule has 1 aromatic rings. The van der Waals surface area contributed by atoms with Gasteiger partial charge in [0.05, 0.1) is 18.8 Å². The lowest BCUT2D eigenvalue weighted by Crippen LogP contribution is -2.45. The Labute approximate surface area is 129 Å². The van der Waals surface area contributed by atoms with Crippen LogP contribution in [0.2, 0.25) is 0 Å². The zero-order chi connectivity index (χ0) is 15.1. The summed E-state index contributed by atoms with van der Waals surface area (Å²) in [6.07, 6.45) is 7.33. The number of hydrogen-bond donors (Lipinski definition) is 1. The highest BCUT2D eigenvalue weighted by Crippen LogP contribution is 2.42. The van der Waals surface area contributed by atoms with Gasteiger partial charge in [-0.1, -0.05) is 50.8 Å². The molecule has 1 aliphatic rings. The van der Waals surface area contributed by atoms with Gasteiger partial charge in [0, 0.05) is 12.7 Å². The van der Waals surface area contributed by atoms with E-state index in [-0.39, 0.29) is 11.6 Å². The summed E-state index contributed by atoms with van der Waals surface area (Å²) in [6.45, 7) is 3.08. The summed E-state index contributed by atoms with van der Waals surface area (Å²) in [6, 6.07) is 8.50. The second kappa shape index (κ2) is 7.81. The molecule has 0 aliphatic heterocycles.